The van der Waals surface area contributed by atoms with Crippen molar-refractivity contribution < 1.29 is 10.1 Å². The van der Waals surface area contributed by atoms with Gasteiger partial charge in [0.25, 0.3) is 0 Å². The highest BCUT2D eigenvalue weighted by molar-refractivity contribution is 5.25. The Kier molecular flexibility index (Phi) is 9.36. The van der Waals surface area contributed by atoms with E-state index in [2.05, 4.69) is 55.2 Å². The van der Waals surface area contributed by atoms with Crippen molar-refractivity contribution in [3.63, 3.8) is 0 Å². The molecule has 1 rings (SSSR count). The number of hydrogen-bond donors (Lipinski definition) is 1. The van der Waals surface area contributed by atoms with E-state index >= 15 is 0 Å². The van der Waals surface area contributed by atoms with Crippen molar-refractivity contribution in [2.75, 3.05) is 6.61 Å². The van der Waals surface area contributed by atoms with E-state index in [9.17, 15) is 0 Å². The molecule has 1 aliphatic rings. The maximum atomic E-state index is 8.53. The van der Waals surface area contributed by atoms with Gasteiger partial charge in [-0.2, -0.15) is 0 Å². The standard InChI is InChI=1S/C19H32O2/c1-3-5-13-19(15-10-7-11-16-19)14-9-6-8-12-18(4-2)17-21-20/h5,10-11,13,15-16,18,20H,3-4,6-9,12,14,17H2,1-2H3/b13-5-. The summed E-state index contributed by atoms with van der Waals surface area (Å²) in [5.74, 6) is 0.499. The molecule has 0 spiro atoms. The van der Waals surface area contributed by atoms with Crippen LogP contribution in [-0.4, -0.2) is 11.9 Å². The normalized spacial score (nSPS) is 18.4. The summed E-state index contributed by atoms with van der Waals surface area (Å²) < 4.78 is 0. The van der Waals surface area contributed by atoms with Crippen molar-refractivity contribution in [1.29, 1.82) is 0 Å². The molecule has 0 saturated heterocycles. The quantitative estimate of drug-likeness (QED) is 0.222. The maximum Gasteiger partial charge on any atom is 0.0847 e. The highest BCUT2D eigenvalue weighted by Crippen LogP contribution is 2.33. The molecule has 0 aromatic heterocycles. The molecule has 1 unspecified atom stereocenters. The molecule has 1 aliphatic carbocycles. The fraction of sp³-hybridized carbons (Fsp3) is 0.684. The molecule has 2 heteroatoms. The first-order chi connectivity index (χ1) is 10.3. The zero-order valence-corrected chi connectivity index (χ0v) is 13.8. The van der Waals surface area contributed by atoms with Gasteiger partial charge in [0.1, 0.15) is 0 Å². The largest absolute Gasteiger partial charge is 0.252 e. The predicted octanol–water partition coefficient (Wildman–Crippen LogP) is 5.92. The van der Waals surface area contributed by atoms with E-state index in [0.717, 1.165) is 25.7 Å². The number of allylic oxidation sites excluding steroid dienone is 6. The van der Waals surface area contributed by atoms with Gasteiger partial charge in [0.15, 0.2) is 0 Å². The molecular formula is C19H32O2. The topological polar surface area (TPSA) is 29.5 Å². The third-order valence-corrected chi connectivity index (χ3v) is 4.40. The molecule has 0 aliphatic heterocycles. The summed E-state index contributed by atoms with van der Waals surface area (Å²) in [7, 11) is 0. The third-order valence-electron chi connectivity index (χ3n) is 4.40. The van der Waals surface area contributed by atoms with Crippen LogP contribution < -0.4 is 0 Å². The first kappa shape index (κ1) is 18.2. The molecule has 0 bridgehead atoms. The van der Waals surface area contributed by atoms with Gasteiger partial charge in [-0.25, -0.2) is 4.89 Å². The van der Waals surface area contributed by atoms with Gasteiger partial charge in [-0.15, -0.1) is 0 Å². The van der Waals surface area contributed by atoms with E-state index in [1.807, 2.05) is 0 Å². The summed E-state index contributed by atoms with van der Waals surface area (Å²) in [4.78, 5) is 4.28. The van der Waals surface area contributed by atoms with Crippen LogP contribution in [0.25, 0.3) is 0 Å². The van der Waals surface area contributed by atoms with Crippen LogP contribution in [0.15, 0.2) is 36.5 Å². The molecule has 2 nitrogen and oxygen atoms in total. The fourth-order valence-corrected chi connectivity index (χ4v) is 2.96. The lowest BCUT2D eigenvalue weighted by Gasteiger charge is -2.26. The summed E-state index contributed by atoms with van der Waals surface area (Å²) in [6, 6.07) is 0. The van der Waals surface area contributed by atoms with Crippen molar-refractivity contribution >= 4 is 0 Å². The van der Waals surface area contributed by atoms with Gasteiger partial charge in [-0.05, 0) is 31.6 Å². The first-order valence-electron chi connectivity index (χ1n) is 8.55. The average Bonchev–Trinajstić information content (AvgIpc) is 2.52. The summed E-state index contributed by atoms with van der Waals surface area (Å²) in [5, 5.41) is 8.53. The summed E-state index contributed by atoms with van der Waals surface area (Å²) in [6.45, 7) is 4.82. The molecule has 1 N–H and O–H groups in total. The Labute approximate surface area is 130 Å². The van der Waals surface area contributed by atoms with E-state index in [1.165, 1.54) is 25.7 Å². The summed E-state index contributed by atoms with van der Waals surface area (Å²) >= 11 is 0. The van der Waals surface area contributed by atoms with Gasteiger partial charge in [-0.1, -0.05) is 76.0 Å². The zero-order valence-electron chi connectivity index (χ0n) is 13.8. The molecule has 0 heterocycles. The Morgan fingerprint density at radius 3 is 2.57 bits per heavy atom. The second-order valence-corrected chi connectivity index (χ2v) is 6.13. The van der Waals surface area contributed by atoms with Crippen molar-refractivity contribution in [1.82, 2.24) is 0 Å². The smallest absolute Gasteiger partial charge is 0.0847 e. The number of unbranched alkanes of at least 4 members (excludes halogenated alkanes) is 2. The fourth-order valence-electron chi connectivity index (χ4n) is 2.96. The van der Waals surface area contributed by atoms with Crippen molar-refractivity contribution in [3.05, 3.63) is 36.5 Å². The molecule has 0 radical (unpaired) electrons. The molecule has 1 atom stereocenters. The lowest BCUT2D eigenvalue weighted by atomic mass is 9.79. The Morgan fingerprint density at radius 2 is 1.95 bits per heavy atom. The highest BCUT2D eigenvalue weighted by atomic mass is 17.1. The summed E-state index contributed by atoms with van der Waals surface area (Å²) in [5.41, 5.74) is 0.159. The molecule has 21 heavy (non-hydrogen) atoms. The minimum atomic E-state index is 0.159. The lowest BCUT2D eigenvalue weighted by molar-refractivity contribution is -0.251. The van der Waals surface area contributed by atoms with Crippen LogP contribution in [0.4, 0.5) is 0 Å². The van der Waals surface area contributed by atoms with E-state index in [0.29, 0.717) is 12.5 Å². The van der Waals surface area contributed by atoms with Gasteiger partial charge < -0.3 is 0 Å². The van der Waals surface area contributed by atoms with E-state index in [-0.39, 0.29) is 5.41 Å². The van der Waals surface area contributed by atoms with Crippen molar-refractivity contribution in [3.8, 4) is 0 Å². The number of rotatable bonds is 11. The van der Waals surface area contributed by atoms with Crippen molar-refractivity contribution in [2.24, 2.45) is 11.3 Å². The monoisotopic (exact) mass is 292 g/mol. The summed E-state index contributed by atoms with van der Waals surface area (Å²) in [6.07, 6.45) is 23.3. The first-order valence-corrected chi connectivity index (χ1v) is 8.55. The zero-order chi connectivity index (χ0) is 15.4. The van der Waals surface area contributed by atoms with Crippen LogP contribution in [-0.2, 0) is 4.89 Å². The van der Waals surface area contributed by atoms with Crippen LogP contribution >= 0.6 is 0 Å². The lowest BCUT2D eigenvalue weighted by Crippen LogP contribution is -2.13. The molecule has 0 aromatic rings. The van der Waals surface area contributed by atoms with E-state index in [1.54, 1.807) is 0 Å². The van der Waals surface area contributed by atoms with Gasteiger partial charge in [0, 0.05) is 5.41 Å². The molecule has 0 fully saturated rings. The van der Waals surface area contributed by atoms with E-state index < -0.39 is 0 Å². The molecule has 0 saturated carbocycles. The highest BCUT2D eigenvalue weighted by Gasteiger charge is 2.21. The Hall–Kier alpha value is -0.860. The van der Waals surface area contributed by atoms with Gasteiger partial charge >= 0.3 is 0 Å². The van der Waals surface area contributed by atoms with Crippen LogP contribution in [0.3, 0.4) is 0 Å². The Bertz CT molecular complexity index is 329. The van der Waals surface area contributed by atoms with Gasteiger partial charge in [0.2, 0.25) is 0 Å². The van der Waals surface area contributed by atoms with Crippen LogP contribution in [0.1, 0.15) is 65.2 Å². The second kappa shape index (κ2) is 10.8. The minimum absolute atomic E-state index is 0.159. The maximum absolute atomic E-state index is 8.53. The van der Waals surface area contributed by atoms with Crippen LogP contribution in [0.2, 0.25) is 0 Å². The Balaban J connectivity index is 2.31. The second-order valence-electron chi connectivity index (χ2n) is 6.13. The Morgan fingerprint density at radius 1 is 1.19 bits per heavy atom. The van der Waals surface area contributed by atoms with Crippen LogP contribution in [0.5, 0.6) is 0 Å². The van der Waals surface area contributed by atoms with E-state index in [4.69, 9.17) is 5.26 Å². The molecule has 0 aromatic carbocycles. The SMILES string of the molecule is CC/C=C\C1(CCCCCC(CC)COO)C=CCC=C1. The van der Waals surface area contributed by atoms with Gasteiger partial charge in [-0.3, -0.25) is 5.26 Å². The molecular weight excluding hydrogens is 260 g/mol. The number of hydrogen-bond acceptors (Lipinski definition) is 2. The van der Waals surface area contributed by atoms with Gasteiger partial charge in [0.05, 0.1) is 6.61 Å². The molecule has 0 amide bonds. The minimum Gasteiger partial charge on any atom is -0.252 e. The van der Waals surface area contributed by atoms with Crippen LogP contribution in [0, 0.1) is 11.3 Å². The predicted molar refractivity (Wildman–Crippen MR) is 90.2 cm³/mol. The third kappa shape index (κ3) is 7.10. The van der Waals surface area contributed by atoms with Crippen molar-refractivity contribution in [2.45, 2.75) is 65.2 Å². The molecule has 120 valence electrons. The average molecular weight is 292 g/mol.